The van der Waals surface area contributed by atoms with Crippen molar-refractivity contribution in [3.05, 3.63) is 0 Å². The molecular weight excluding hydrogens is 228 g/mol. The summed E-state index contributed by atoms with van der Waals surface area (Å²) >= 11 is 0. The fraction of sp³-hybridized carbons (Fsp3) is 0.857. The average molecular weight is 252 g/mol. The highest BCUT2D eigenvalue weighted by molar-refractivity contribution is 6.35. The second-order valence-electron chi connectivity index (χ2n) is 5.80. The van der Waals surface area contributed by atoms with E-state index < -0.39 is 11.8 Å². The molecule has 2 saturated carbocycles. The third-order valence-corrected chi connectivity index (χ3v) is 4.32. The van der Waals surface area contributed by atoms with E-state index in [0.717, 1.165) is 44.9 Å². The van der Waals surface area contributed by atoms with Crippen LogP contribution in [-0.4, -0.2) is 23.9 Å². The molecule has 0 bridgehead atoms. The first-order chi connectivity index (χ1) is 8.66. The molecule has 4 nitrogen and oxygen atoms in total. The molecule has 0 aromatic heterocycles. The molecule has 0 aliphatic heterocycles. The largest absolute Gasteiger partial charge is 0.345 e. The van der Waals surface area contributed by atoms with Gasteiger partial charge >= 0.3 is 11.8 Å². The van der Waals surface area contributed by atoms with E-state index in [0.29, 0.717) is 5.92 Å². The zero-order valence-electron chi connectivity index (χ0n) is 11.2. The Hall–Kier alpha value is -1.06. The van der Waals surface area contributed by atoms with Crippen LogP contribution in [0.4, 0.5) is 0 Å². The molecule has 2 fully saturated rings. The van der Waals surface area contributed by atoms with Crippen molar-refractivity contribution in [1.82, 2.24) is 10.6 Å². The lowest BCUT2D eigenvalue weighted by molar-refractivity contribution is -0.140. The molecule has 2 amide bonds. The number of carbonyl (C=O) groups is 2. The van der Waals surface area contributed by atoms with Crippen LogP contribution >= 0.6 is 0 Å². The van der Waals surface area contributed by atoms with E-state index in [4.69, 9.17) is 0 Å². The molecule has 0 unspecified atom stereocenters. The second-order valence-corrected chi connectivity index (χ2v) is 5.80. The van der Waals surface area contributed by atoms with Crippen LogP contribution in [-0.2, 0) is 9.59 Å². The van der Waals surface area contributed by atoms with Gasteiger partial charge in [0.2, 0.25) is 0 Å². The summed E-state index contributed by atoms with van der Waals surface area (Å²) in [6.07, 6.45) is 8.89. The van der Waals surface area contributed by atoms with Crippen molar-refractivity contribution >= 4 is 11.8 Å². The maximum Gasteiger partial charge on any atom is 0.309 e. The molecule has 0 saturated heterocycles. The summed E-state index contributed by atoms with van der Waals surface area (Å²) in [7, 11) is 0. The monoisotopic (exact) mass is 252 g/mol. The van der Waals surface area contributed by atoms with Crippen LogP contribution in [0.25, 0.3) is 0 Å². The standard InChI is InChI=1S/C14H24N2O2/c1-10-6-2-5-9-12(10)16-14(18)13(17)15-11-7-3-4-8-11/h10-12H,2-9H2,1H3,(H,15,17)(H,16,18)/t10-,12+/m0/s1. The molecule has 4 heteroatoms. The van der Waals surface area contributed by atoms with Gasteiger partial charge in [-0.05, 0) is 31.6 Å². The van der Waals surface area contributed by atoms with E-state index >= 15 is 0 Å². The smallest absolute Gasteiger partial charge is 0.309 e. The molecule has 102 valence electrons. The van der Waals surface area contributed by atoms with Gasteiger partial charge in [-0.3, -0.25) is 9.59 Å². The predicted molar refractivity (Wildman–Crippen MR) is 70.0 cm³/mol. The lowest BCUT2D eigenvalue weighted by Gasteiger charge is -2.29. The normalized spacial score (nSPS) is 28.9. The molecule has 2 N–H and O–H groups in total. The van der Waals surface area contributed by atoms with Crippen LogP contribution in [0.2, 0.25) is 0 Å². The van der Waals surface area contributed by atoms with Crippen LogP contribution in [0, 0.1) is 5.92 Å². The number of carbonyl (C=O) groups excluding carboxylic acids is 2. The Kier molecular flexibility index (Phi) is 4.61. The first kappa shape index (κ1) is 13.4. The zero-order chi connectivity index (χ0) is 13.0. The molecule has 2 rings (SSSR count). The number of amides is 2. The summed E-state index contributed by atoms with van der Waals surface area (Å²) in [6.45, 7) is 2.15. The topological polar surface area (TPSA) is 58.2 Å². The van der Waals surface area contributed by atoms with Crippen LogP contribution in [0.1, 0.15) is 58.3 Å². The van der Waals surface area contributed by atoms with Crippen molar-refractivity contribution in [3.63, 3.8) is 0 Å². The van der Waals surface area contributed by atoms with Gasteiger partial charge in [0.05, 0.1) is 0 Å². The van der Waals surface area contributed by atoms with Crippen molar-refractivity contribution in [3.8, 4) is 0 Å². The van der Waals surface area contributed by atoms with Crippen molar-refractivity contribution in [2.24, 2.45) is 5.92 Å². The minimum absolute atomic E-state index is 0.181. The molecule has 2 aliphatic rings. The molecule has 0 heterocycles. The maximum atomic E-state index is 11.8. The SMILES string of the molecule is C[C@H]1CCCC[C@H]1NC(=O)C(=O)NC1CCCC1. The lowest BCUT2D eigenvalue weighted by Crippen LogP contribution is -2.49. The van der Waals surface area contributed by atoms with E-state index in [1.165, 1.54) is 6.42 Å². The van der Waals surface area contributed by atoms with Gasteiger partial charge in [0.1, 0.15) is 0 Å². The molecule has 2 aliphatic carbocycles. The summed E-state index contributed by atoms with van der Waals surface area (Å²) in [4.78, 5) is 23.6. The Morgan fingerprint density at radius 3 is 2.06 bits per heavy atom. The van der Waals surface area contributed by atoms with Gasteiger partial charge in [-0.15, -0.1) is 0 Å². The summed E-state index contributed by atoms with van der Waals surface area (Å²) in [5.74, 6) is -0.401. The van der Waals surface area contributed by atoms with Gasteiger partial charge in [-0.2, -0.15) is 0 Å². The molecule has 0 spiro atoms. The molecule has 18 heavy (non-hydrogen) atoms. The van der Waals surface area contributed by atoms with Gasteiger partial charge in [0, 0.05) is 12.1 Å². The Balaban J connectivity index is 1.77. The van der Waals surface area contributed by atoms with E-state index in [-0.39, 0.29) is 12.1 Å². The Bertz CT molecular complexity index is 311. The van der Waals surface area contributed by atoms with Crippen molar-refractivity contribution in [2.45, 2.75) is 70.4 Å². The van der Waals surface area contributed by atoms with Gasteiger partial charge in [-0.1, -0.05) is 32.6 Å². The fourth-order valence-electron chi connectivity index (χ4n) is 3.09. The third kappa shape index (κ3) is 3.47. The van der Waals surface area contributed by atoms with E-state index in [1.54, 1.807) is 0 Å². The summed E-state index contributed by atoms with van der Waals surface area (Å²) in [5.41, 5.74) is 0. The fourth-order valence-corrected chi connectivity index (χ4v) is 3.09. The highest BCUT2D eigenvalue weighted by Gasteiger charge is 2.27. The predicted octanol–water partition coefficient (Wildman–Crippen LogP) is 1.74. The Morgan fingerprint density at radius 1 is 0.833 bits per heavy atom. The second kappa shape index (κ2) is 6.21. The average Bonchev–Trinajstić information content (AvgIpc) is 2.84. The Labute approximate surface area is 109 Å². The van der Waals surface area contributed by atoms with Gasteiger partial charge < -0.3 is 10.6 Å². The quantitative estimate of drug-likeness (QED) is 0.735. The Morgan fingerprint density at radius 2 is 1.39 bits per heavy atom. The maximum absolute atomic E-state index is 11.8. The molecule has 0 aromatic rings. The van der Waals surface area contributed by atoms with Crippen LogP contribution in [0.15, 0.2) is 0 Å². The number of nitrogens with one attached hydrogen (secondary N) is 2. The van der Waals surface area contributed by atoms with Gasteiger partial charge in [0.25, 0.3) is 0 Å². The van der Waals surface area contributed by atoms with Gasteiger partial charge in [-0.25, -0.2) is 0 Å². The molecular formula is C14H24N2O2. The molecule has 0 aromatic carbocycles. The van der Waals surface area contributed by atoms with Crippen LogP contribution < -0.4 is 10.6 Å². The van der Waals surface area contributed by atoms with Crippen LogP contribution in [0.5, 0.6) is 0 Å². The minimum atomic E-state index is -0.445. The molecule has 0 radical (unpaired) electrons. The van der Waals surface area contributed by atoms with Crippen molar-refractivity contribution < 1.29 is 9.59 Å². The van der Waals surface area contributed by atoms with E-state index in [1.807, 2.05) is 0 Å². The zero-order valence-corrected chi connectivity index (χ0v) is 11.2. The van der Waals surface area contributed by atoms with Crippen LogP contribution in [0.3, 0.4) is 0 Å². The number of hydrogen-bond acceptors (Lipinski definition) is 2. The minimum Gasteiger partial charge on any atom is -0.345 e. The number of hydrogen-bond donors (Lipinski definition) is 2. The highest BCUT2D eigenvalue weighted by Crippen LogP contribution is 2.23. The highest BCUT2D eigenvalue weighted by atomic mass is 16.2. The lowest BCUT2D eigenvalue weighted by atomic mass is 9.86. The van der Waals surface area contributed by atoms with E-state index in [9.17, 15) is 9.59 Å². The summed E-state index contributed by atoms with van der Waals surface area (Å²) in [5, 5.41) is 5.72. The first-order valence-corrected chi connectivity index (χ1v) is 7.28. The van der Waals surface area contributed by atoms with Gasteiger partial charge in [0.15, 0.2) is 0 Å². The molecule has 2 atom stereocenters. The van der Waals surface area contributed by atoms with Crippen molar-refractivity contribution in [2.75, 3.05) is 0 Å². The van der Waals surface area contributed by atoms with E-state index in [2.05, 4.69) is 17.6 Å². The van der Waals surface area contributed by atoms with Crippen molar-refractivity contribution in [1.29, 1.82) is 0 Å². The summed E-state index contributed by atoms with van der Waals surface area (Å²) < 4.78 is 0. The third-order valence-electron chi connectivity index (χ3n) is 4.32. The number of rotatable bonds is 2. The first-order valence-electron chi connectivity index (χ1n) is 7.28. The summed E-state index contributed by atoms with van der Waals surface area (Å²) in [6, 6.07) is 0.396.